The molecule has 0 saturated carbocycles. The van der Waals surface area contributed by atoms with E-state index in [0.717, 1.165) is 40.0 Å². The number of H-pyrrole nitrogens is 1. The minimum absolute atomic E-state index is 0.0395. The predicted octanol–water partition coefficient (Wildman–Crippen LogP) is 5.85. The number of aromatic amines is 1. The number of nitrogens with one attached hydrogen (secondary N) is 2. The van der Waals surface area contributed by atoms with Gasteiger partial charge in [-0.05, 0) is 75.6 Å². The number of hydrogen-bond donors (Lipinski definition) is 2. The number of aryl methyl sites for hydroxylation is 3. The molecule has 6 nitrogen and oxygen atoms in total. The van der Waals surface area contributed by atoms with E-state index >= 15 is 0 Å². The number of halogens is 3. The number of carbonyl (C=O) groups excluding carboxylic acids is 1. The van der Waals surface area contributed by atoms with Gasteiger partial charge < -0.3 is 14.9 Å². The van der Waals surface area contributed by atoms with Crippen LogP contribution in [0.3, 0.4) is 0 Å². The van der Waals surface area contributed by atoms with Gasteiger partial charge in [-0.25, -0.2) is 0 Å². The Kier molecular flexibility index (Phi) is 6.51. The highest BCUT2D eigenvalue weighted by Gasteiger charge is 2.32. The molecule has 0 aliphatic carbocycles. The number of pyridine rings is 2. The van der Waals surface area contributed by atoms with E-state index in [1.165, 1.54) is 6.07 Å². The number of rotatable bonds is 5. The van der Waals surface area contributed by atoms with E-state index in [9.17, 15) is 22.8 Å². The maximum Gasteiger partial charge on any atom is 0.433 e. The molecular weight excluding hydrogens is 469 g/mol. The molecule has 36 heavy (non-hydrogen) atoms. The highest BCUT2D eigenvalue weighted by atomic mass is 19.4. The lowest BCUT2D eigenvalue weighted by atomic mass is 9.98. The van der Waals surface area contributed by atoms with Gasteiger partial charge in [0.05, 0.1) is 0 Å². The van der Waals surface area contributed by atoms with E-state index in [-0.39, 0.29) is 24.1 Å². The van der Waals surface area contributed by atoms with Crippen molar-refractivity contribution in [2.24, 2.45) is 0 Å². The molecule has 3 heterocycles. The van der Waals surface area contributed by atoms with E-state index in [1.54, 1.807) is 13.0 Å². The number of fused-ring (bicyclic) bond motifs is 1. The molecule has 0 bridgehead atoms. The van der Waals surface area contributed by atoms with Crippen LogP contribution < -0.4 is 10.9 Å². The molecular formula is C27H27F3N4O2. The quantitative estimate of drug-likeness (QED) is 0.364. The van der Waals surface area contributed by atoms with Gasteiger partial charge >= 0.3 is 6.18 Å². The zero-order valence-electron chi connectivity index (χ0n) is 20.7. The van der Waals surface area contributed by atoms with Gasteiger partial charge in [0, 0.05) is 58.3 Å². The van der Waals surface area contributed by atoms with Crippen LogP contribution in [0.4, 0.5) is 13.2 Å². The van der Waals surface area contributed by atoms with Crippen molar-refractivity contribution in [3.8, 4) is 11.1 Å². The number of carbonyl (C=O) groups is 1. The summed E-state index contributed by atoms with van der Waals surface area (Å²) >= 11 is 0. The highest BCUT2D eigenvalue weighted by Crippen LogP contribution is 2.34. The fourth-order valence-electron chi connectivity index (χ4n) is 4.46. The minimum Gasteiger partial charge on any atom is -0.348 e. The van der Waals surface area contributed by atoms with E-state index in [0.29, 0.717) is 22.3 Å². The average Bonchev–Trinajstić information content (AvgIpc) is 3.14. The fourth-order valence-corrected chi connectivity index (χ4v) is 4.46. The van der Waals surface area contributed by atoms with Gasteiger partial charge in [-0.1, -0.05) is 6.07 Å². The number of amides is 1. The normalized spacial score (nSPS) is 11.9. The molecule has 3 aromatic heterocycles. The SMILES string of the molecule is Cc1cc(C)c(CNC(=O)c2cc(-c3ccc(C(F)(F)F)nc3)cc3c2c(C)cn3C(C)C)c(=O)[nH]1. The van der Waals surface area contributed by atoms with Crippen molar-refractivity contribution >= 4 is 16.8 Å². The van der Waals surface area contributed by atoms with Crippen LogP contribution in [0.5, 0.6) is 0 Å². The van der Waals surface area contributed by atoms with Crippen LogP contribution in [0, 0.1) is 20.8 Å². The maximum absolute atomic E-state index is 13.4. The van der Waals surface area contributed by atoms with Crippen molar-refractivity contribution in [3.05, 3.63) is 86.7 Å². The van der Waals surface area contributed by atoms with Gasteiger partial charge in [0.25, 0.3) is 11.5 Å². The second-order valence-electron chi connectivity index (χ2n) is 9.29. The molecule has 0 aliphatic heterocycles. The van der Waals surface area contributed by atoms with Gasteiger partial charge in [0.2, 0.25) is 0 Å². The first-order valence-corrected chi connectivity index (χ1v) is 11.5. The molecule has 1 aromatic carbocycles. The molecule has 0 saturated heterocycles. The van der Waals surface area contributed by atoms with E-state index in [4.69, 9.17) is 0 Å². The van der Waals surface area contributed by atoms with Crippen molar-refractivity contribution in [2.45, 2.75) is 53.4 Å². The van der Waals surface area contributed by atoms with Crippen LogP contribution in [-0.2, 0) is 12.7 Å². The van der Waals surface area contributed by atoms with Crippen molar-refractivity contribution in [2.75, 3.05) is 0 Å². The van der Waals surface area contributed by atoms with Crippen LogP contribution in [0.2, 0.25) is 0 Å². The number of hydrogen-bond acceptors (Lipinski definition) is 3. The third-order valence-corrected chi connectivity index (χ3v) is 6.23. The molecule has 2 N–H and O–H groups in total. The Morgan fingerprint density at radius 2 is 1.81 bits per heavy atom. The van der Waals surface area contributed by atoms with E-state index in [2.05, 4.69) is 15.3 Å². The molecule has 4 rings (SSSR count). The van der Waals surface area contributed by atoms with Crippen molar-refractivity contribution in [1.29, 1.82) is 0 Å². The molecule has 0 atom stereocenters. The molecule has 0 radical (unpaired) electrons. The number of nitrogens with zero attached hydrogens (tertiary/aromatic N) is 2. The first-order chi connectivity index (χ1) is 16.9. The highest BCUT2D eigenvalue weighted by molar-refractivity contribution is 6.09. The summed E-state index contributed by atoms with van der Waals surface area (Å²) in [6, 6.07) is 7.73. The standard InChI is InChI=1S/C27H27F3N4O2/c1-14(2)34-13-16(4)24-20(25(35)32-12-21-15(3)8-17(5)33-26(21)36)9-19(10-22(24)34)18-6-7-23(31-11-18)27(28,29)30/h6-11,13-14H,12H2,1-5H3,(H,32,35)(H,33,36). The number of aromatic nitrogens is 3. The lowest BCUT2D eigenvalue weighted by Crippen LogP contribution is -2.28. The molecule has 4 aromatic rings. The predicted molar refractivity (Wildman–Crippen MR) is 133 cm³/mol. The molecule has 0 spiro atoms. The Morgan fingerprint density at radius 3 is 2.39 bits per heavy atom. The summed E-state index contributed by atoms with van der Waals surface area (Å²) in [5.41, 5.74) is 3.81. The van der Waals surface area contributed by atoms with Crippen LogP contribution in [0.25, 0.3) is 22.0 Å². The Balaban J connectivity index is 1.80. The second-order valence-corrected chi connectivity index (χ2v) is 9.29. The smallest absolute Gasteiger partial charge is 0.348 e. The molecule has 9 heteroatoms. The number of alkyl halides is 3. The molecule has 1 amide bonds. The lowest BCUT2D eigenvalue weighted by molar-refractivity contribution is -0.141. The van der Waals surface area contributed by atoms with E-state index in [1.807, 2.05) is 50.6 Å². The van der Waals surface area contributed by atoms with Crippen LogP contribution in [-0.4, -0.2) is 20.4 Å². The fraction of sp³-hybridized carbons (Fsp3) is 0.296. The molecule has 0 fully saturated rings. The largest absolute Gasteiger partial charge is 0.433 e. The summed E-state index contributed by atoms with van der Waals surface area (Å²) in [7, 11) is 0. The van der Waals surface area contributed by atoms with Crippen LogP contribution in [0.15, 0.2) is 47.5 Å². The van der Waals surface area contributed by atoms with Crippen molar-refractivity contribution in [1.82, 2.24) is 19.9 Å². The first-order valence-electron chi connectivity index (χ1n) is 11.5. The molecule has 0 aliphatic rings. The van der Waals surface area contributed by atoms with Gasteiger partial charge in [0.1, 0.15) is 5.69 Å². The molecule has 188 valence electrons. The monoisotopic (exact) mass is 496 g/mol. The van der Waals surface area contributed by atoms with Gasteiger partial charge in [-0.2, -0.15) is 13.2 Å². The summed E-state index contributed by atoms with van der Waals surface area (Å²) in [4.78, 5) is 32.1. The zero-order chi connectivity index (χ0) is 26.4. The second kappa shape index (κ2) is 9.29. The van der Waals surface area contributed by atoms with Crippen molar-refractivity contribution in [3.63, 3.8) is 0 Å². The summed E-state index contributed by atoms with van der Waals surface area (Å²) in [5.74, 6) is -0.384. The van der Waals surface area contributed by atoms with E-state index < -0.39 is 11.9 Å². The zero-order valence-corrected chi connectivity index (χ0v) is 20.7. The van der Waals surface area contributed by atoms with Crippen LogP contribution in [0.1, 0.15) is 58.3 Å². The van der Waals surface area contributed by atoms with Crippen LogP contribution >= 0.6 is 0 Å². The summed E-state index contributed by atoms with van der Waals surface area (Å²) in [5, 5.41) is 3.60. The maximum atomic E-state index is 13.4. The van der Waals surface area contributed by atoms with Gasteiger partial charge in [0.15, 0.2) is 0 Å². The third-order valence-electron chi connectivity index (χ3n) is 6.23. The Morgan fingerprint density at radius 1 is 1.08 bits per heavy atom. The van der Waals surface area contributed by atoms with Crippen molar-refractivity contribution < 1.29 is 18.0 Å². The number of benzene rings is 1. The molecule has 0 unspecified atom stereocenters. The first kappa shape index (κ1) is 25.2. The Labute approximate surface area is 206 Å². The summed E-state index contributed by atoms with van der Waals surface area (Å²) < 4.78 is 41.0. The Hall–Kier alpha value is -3.88. The average molecular weight is 497 g/mol. The Bertz CT molecular complexity index is 1510. The lowest BCUT2D eigenvalue weighted by Gasteiger charge is -2.14. The summed E-state index contributed by atoms with van der Waals surface area (Å²) in [6.45, 7) is 9.57. The minimum atomic E-state index is -4.54. The summed E-state index contributed by atoms with van der Waals surface area (Å²) in [6.07, 6.45) is -1.42. The van der Waals surface area contributed by atoms with Gasteiger partial charge in [-0.15, -0.1) is 0 Å². The topological polar surface area (TPSA) is 79.8 Å². The third kappa shape index (κ3) is 4.78. The van der Waals surface area contributed by atoms with Gasteiger partial charge in [-0.3, -0.25) is 14.6 Å².